The van der Waals surface area contributed by atoms with Gasteiger partial charge in [-0.3, -0.25) is 19.8 Å². The number of amides is 2. The Kier molecular flexibility index (Phi) is 4.62. The van der Waals surface area contributed by atoms with E-state index in [0.29, 0.717) is 5.69 Å². The SMILES string of the molecule is Cc1cc(/C=C2\C(=O)NC(=S)N(c3ccc(Br)cc3)C2=O)c(C)n1C. The minimum atomic E-state index is -0.482. The molecule has 0 atom stereocenters. The van der Waals surface area contributed by atoms with Crippen LogP contribution in [0.2, 0.25) is 0 Å². The molecular weight excluding hydrogens is 402 g/mol. The second-order valence-electron chi connectivity index (χ2n) is 5.82. The molecule has 0 unspecified atom stereocenters. The maximum Gasteiger partial charge on any atom is 0.270 e. The first-order valence-electron chi connectivity index (χ1n) is 7.59. The molecule has 2 aromatic rings. The lowest BCUT2D eigenvalue weighted by Gasteiger charge is -2.28. The molecule has 1 saturated heterocycles. The van der Waals surface area contributed by atoms with Crippen LogP contribution in [0.5, 0.6) is 0 Å². The molecule has 0 radical (unpaired) electrons. The molecule has 128 valence electrons. The summed E-state index contributed by atoms with van der Waals surface area (Å²) in [5.41, 5.74) is 3.53. The molecule has 1 aromatic heterocycles. The summed E-state index contributed by atoms with van der Waals surface area (Å²) in [6, 6.07) is 9.11. The average Bonchev–Trinajstić information content (AvgIpc) is 2.80. The van der Waals surface area contributed by atoms with Gasteiger partial charge in [0, 0.05) is 22.9 Å². The number of thiocarbonyl (C=S) groups is 1. The number of aryl methyl sites for hydroxylation is 1. The molecule has 0 bridgehead atoms. The smallest absolute Gasteiger partial charge is 0.270 e. The molecule has 1 N–H and O–H groups in total. The third-order valence-corrected chi connectivity index (χ3v) is 5.11. The highest BCUT2D eigenvalue weighted by molar-refractivity contribution is 9.10. The molecule has 1 aromatic carbocycles. The predicted octanol–water partition coefficient (Wildman–Crippen LogP) is 3.24. The van der Waals surface area contributed by atoms with E-state index in [2.05, 4.69) is 21.2 Å². The quantitative estimate of drug-likeness (QED) is 0.463. The van der Waals surface area contributed by atoms with Crippen LogP contribution in [-0.2, 0) is 16.6 Å². The van der Waals surface area contributed by atoms with Gasteiger partial charge in [-0.15, -0.1) is 0 Å². The summed E-state index contributed by atoms with van der Waals surface area (Å²) in [5, 5.41) is 2.67. The minimum Gasteiger partial charge on any atom is -0.352 e. The number of rotatable bonds is 2. The number of anilines is 1. The first-order chi connectivity index (χ1) is 11.8. The van der Waals surface area contributed by atoms with Gasteiger partial charge in [0.1, 0.15) is 5.57 Å². The van der Waals surface area contributed by atoms with E-state index < -0.39 is 11.8 Å². The normalized spacial score (nSPS) is 16.6. The van der Waals surface area contributed by atoms with Crippen LogP contribution in [0.15, 0.2) is 40.4 Å². The molecule has 2 heterocycles. The summed E-state index contributed by atoms with van der Waals surface area (Å²) < 4.78 is 2.90. The molecule has 1 aliphatic rings. The Labute approximate surface area is 159 Å². The Bertz CT molecular complexity index is 929. The summed E-state index contributed by atoms with van der Waals surface area (Å²) in [5.74, 6) is -0.916. The minimum absolute atomic E-state index is 0.0604. The summed E-state index contributed by atoms with van der Waals surface area (Å²) in [7, 11) is 1.94. The Morgan fingerprint density at radius 2 is 1.80 bits per heavy atom. The van der Waals surface area contributed by atoms with Gasteiger partial charge in [0.05, 0.1) is 5.69 Å². The molecule has 0 aliphatic carbocycles. The van der Waals surface area contributed by atoms with Crippen LogP contribution in [0.4, 0.5) is 5.69 Å². The average molecular weight is 418 g/mol. The number of halogens is 1. The second-order valence-corrected chi connectivity index (χ2v) is 7.12. The number of carbonyl (C=O) groups excluding carboxylic acids is 2. The molecule has 7 heteroatoms. The third-order valence-electron chi connectivity index (χ3n) is 4.30. The highest BCUT2D eigenvalue weighted by Gasteiger charge is 2.34. The molecule has 3 rings (SSSR count). The van der Waals surface area contributed by atoms with Crippen LogP contribution in [0.1, 0.15) is 17.0 Å². The molecule has 0 spiro atoms. The zero-order valence-electron chi connectivity index (χ0n) is 14.0. The Balaban J connectivity index is 2.05. The lowest BCUT2D eigenvalue weighted by molar-refractivity contribution is -0.122. The Morgan fingerprint density at radius 1 is 1.16 bits per heavy atom. The van der Waals surface area contributed by atoms with Crippen molar-refractivity contribution in [1.82, 2.24) is 9.88 Å². The number of aromatic nitrogens is 1. The molecule has 1 aliphatic heterocycles. The van der Waals surface area contributed by atoms with E-state index in [4.69, 9.17) is 12.2 Å². The van der Waals surface area contributed by atoms with Gasteiger partial charge in [-0.2, -0.15) is 0 Å². The first kappa shape index (κ1) is 17.6. The number of nitrogens with one attached hydrogen (secondary N) is 1. The lowest BCUT2D eigenvalue weighted by Crippen LogP contribution is -2.54. The largest absolute Gasteiger partial charge is 0.352 e. The molecule has 25 heavy (non-hydrogen) atoms. The fraction of sp³-hybridized carbons (Fsp3) is 0.167. The monoisotopic (exact) mass is 417 g/mol. The van der Waals surface area contributed by atoms with Gasteiger partial charge >= 0.3 is 0 Å². The maximum atomic E-state index is 12.9. The van der Waals surface area contributed by atoms with Gasteiger partial charge in [0.25, 0.3) is 11.8 Å². The first-order valence-corrected chi connectivity index (χ1v) is 8.79. The highest BCUT2D eigenvalue weighted by Crippen LogP contribution is 2.25. The molecule has 5 nitrogen and oxygen atoms in total. The Morgan fingerprint density at radius 3 is 2.36 bits per heavy atom. The maximum absolute atomic E-state index is 12.9. The van der Waals surface area contributed by atoms with Crippen LogP contribution in [0.3, 0.4) is 0 Å². The van der Waals surface area contributed by atoms with Crippen LogP contribution in [-0.4, -0.2) is 21.5 Å². The van der Waals surface area contributed by atoms with Crippen molar-refractivity contribution < 1.29 is 9.59 Å². The van der Waals surface area contributed by atoms with E-state index >= 15 is 0 Å². The summed E-state index contributed by atoms with van der Waals surface area (Å²) >= 11 is 8.56. The zero-order chi connectivity index (χ0) is 18.3. The van der Waals surface area contributed by atoms with Crippen molar-refractivity contribution in [3.8, 4) is 0 Å². The summed E-state index contributed by atoms with van der Waals surface area (Å²) in [6.07, 6.45) is 1.62. The van der Waals surface area contributed by atoms with E-state index in [1.165, 1.54) is 4.90 Å². The number of nitrogens with zero attached hydrogens (tertiary/aromatic N) is 2. The molecular formula is C18H16BrN3O2S. The second kappa shape index (κ2) is 6.57. The summed E-state index contributed by atoms with van der Waals surface area (Å²) in [6.45, 7) is 3.92. The molecule has 2 amide bonds. The standard InChI is InChI=1S/C18H16BrN3O2S/c1-10-8-12(11(2)21(10)3)9-15-16(23)20-18(25)22(17(15)24)14-6-4-13(19)5-7-14/h4-9H,1-3H3,(H,20,23,25)/b15-9+. The van der Waals surface area contributed by atoms with Crippen LogP contribution in [0, 0.1) is 13.8 Å². The topological polar surface area (TPSA) is 54.3 Å². The van der Waals surface area contributed by atoms with Crippen molar-refractivity contribution in [2.45, 2.75) is 13.8 Å². The number of carbonyl (C=O) groups is 2. The van der Waals surface area contributed by atoms with Crippen molar-refractivity contribution in [3.63, 3.8) is 0 Å². The fourth-order valence-corrected chi connectivity index (χ4v) is 3.21. The van der Waals surface area contributed by atoms with E-state index in [1.807, 2.05) is 43.7 Å². The van der Waals surface area contributed by atoms with Crippen LogP contribution in [0.25, 0.3) is 6.08 Å². The van der Waals surface area contributed by atoms with Gasteiger partial charge in [0.15, 0.2) is 5.11 Å². The van der Waals surface area contributed by atoms with E-state index in [0.717, 1.165) is 21.4 Å². The van der Waals surface area contributed by atoms with Gasteiger partial charge in [-0.25, -0.2) is 0 Å². The lowest BCUT2D eigenvalue weighted by atomic mass is 10.1. The molecule has 1 fully saturated rings. The van der Waals surface area contributed by atoms with E-state index in [-0.39, 0.29) is 10.7 Å². The van der Waals surface area contributed by atoms with Crippen molar-refractivity contribution >= 4 is 56.8 Å². The number of benzene rings is 1. The van der Waals surface area contributed by atoms with Gasteiger partial charge in [-0.05, 0) is 68.0 Å². The third kappa shape index (κ3) is 3.17. The molecule has 0 saturated carbocycles. The van der Waals surface area contributed by atoms with Crippen LogP contribution < -0.4 is 10.2 Å². The van der Waals surface area contributed by atoms with Crippen LogP contribution >= 0.6 is 28.1 Å². The highest BCUT2D eigenvalue weighted by atomic mass is 79.9. The zero-order valence-corrected chi connectivity index (χ0v) is 16.4. The Hall–Kier alpha value is -2.25. The van der Waals surface area contributed by atoms with Crippen molar-refractivity contribution in [1.29, 1.82) is 0 Å². The van der Waals surface area contributed by atoms with Gasteiger partial charge in [0.2, 0.25) is 0 Å². The van der Waals surface area contributed by atoms with E-state index in [1.54, 1.807) is 18.2 Å². The van der Waals surface area contributed by atoms with Crippen molar-refractivity contribution in [2.75, 3.05) is 4.90 Å². The van der Waals surface area contributed by atoms with Gasteiger partial charge < -0.3 is 4.57 Å². The van der Waals surface area contributed by atoms with E-state index in [9.17, 15) is 9.59 Å². The van der Waals surface area contributed by atoms with Crippen molar-refractivity contribution in [2.24, 2.45) is 7.05 Å². The van der Waals surface area contributed by atoms with Crippen molar-refractivity contribution in [3.05, 3.63) is 57.3 Å². The van der Waals surface area contributed by atoms with Gasteiger partial charge in [-0.1, -0.05) is 15.9 Å². The summed E-state index contributed by atoms with van der Waals surface area (Å²) in [4.78, 5) is 26.6. The number of hydrogen-bond donors (Lipinski definition) is 1. The predicted molar refractivity (Wildman–Crippen MR) is 105 cm³/mol. The number of hydrogen-bond acceptors (Lipinski definition) is 3. The fourth-order valence-electron chi connectivity index (χ4n) is 2.67.